The van der Waals surface area contributed by atoms with Crippen molar-refractivity contribution in [2.24, 2.45) is 0 Å². The van der Waals surface area contributed by atoms with E-state index in [9.17, 15) is 18.0 Å². The number of carbonyl (C=O) groups is 2. The zero-order valence-electron chi connectivity index (χ0n) is 15.0. The molecule has 1 aliphatic rings. The first-order valence-corrected chi connectivity index (χ1v) is 10.7. The van der Waals surface area contributed by atoms with Gasteiger partial charge in [-0.25, -0.2) is 8.42 Å². The Morgan fingerprint density at radius 3 is 2.34 bits per heavy atom. The van der Waals surface area contributed by atoms with Gasteiger partial charge in [0, 0.05) is 23.7 Å². The third kappa shape index (κ3) is 5.06. The Labute approximate surface area is 177 Å². The maximum Gasteiger partial charge on any atom is 0.271 e. The molecule has 0 aromatic heterocycles. The first kappa shape index (κ1) is 21.5. The molecule has 154 valence electrons. The van der Waals surface area contributed by atoms with Gasteiger partial charge in [-0.2, -0.15) is 4.31 Å². The summed E-state index contributed by atoms with van der Waals surface area (Å²) >= 11 is 11.8. The van der Waals surface area contributed by atoms with E-state index in [1.54, 1.807) is 0 Å². The monoisotopic (exact) mass is 457 g/mol. The van der Waals surface area contributed by atoms with Crippen LogP contribution >= 0.6 is 23.2 Å². The number of carbonyl (C=O) groups excluding carboxylic acids is 2. The fourth-order valence-corrected chi connectivity index (χ4v) is 4.61. The molecule has 1 aliphatic heterocycles. The van der Waals surface area contributed by atoms with E-state index in [0.29, 0.717) is 18.2 Å². The van der Waals surface area contributed by atoms with Gasteiger partial charge in [-0.15, -0.1) is 0 Å². The molecule has 2 N–H and O–H groups in total. The highest BCUT2D eigenvalue weighted by molar-refractivity contribution is 7.89. The zero-order valence-corrected chi connectivity index (χ0v) is 17.4. The summed E-state index contributed by atoms with van der Waals surface area (Å²) in [5.41, 5.74) is 4.67. The van der Waals surface area contributed by atoms with Gasteiger partial charge in [-0.1, -0.05) is 29.3 Å². The molecule has 2 amide bonds. The number of hydrogen-bond acceptors (Lipinski definition) is 5. The minimum Gasteiger partial charge on any atom is -0.379 e. The van der Waals surface area contributed by atoms with Crippen molar-refractivity contribution in [3.63, 3.8) is 0 Å². The first-order chi connectivity index (χ1) is 13.8. The van der Waals surface area contributed by atoms with Crippen molar-refractivity contribution in [2.45, 2.75) is 4.90 Å². The van der Waals surface area contributed by atoms with Crippen LogP contribution in [-0.4, -0.2) is 50.8 Å². The average Bonchev–Trinajstić information content (AvgIpc) is 2.72. The van der Waals surface area contributed by atoms with E-state index in [-0.39, 0.29) is 34.1 Å². The molecule has 1 heterocycles. The lowest BCUT2D eigenvalue weighted by atomic mass is 10.2. The summed E-state index contributed by atoms with van der Waals surface area (Å²) in [7, 11) is -3.75. The fourth-order valence-electron chi connectivity index (χ4n) is 2.66. The Bertz CT molecular complexity index is 1040. The molecule has 3 rings (SSSR count). The summed E-state index contributed by atoms with van der Waals surface area (Å²) in [6.45, 7) is 1.13. The molecule has 0 atom stereocenters. The van der Waals surface area contributed by atoms with Crippen LogP contribution in [0, 0.1) is 0 Å². The third-order valence-corrected chi connectivity index (χ3v) is 6.61. The van der Waals surface area contributed by atoms with Gasteiger partial charge < -0.3 is 4.74 Å². The molecular formula is C18H17Cl2N3O5S. The highest BCUT2D eigenvalue weighted by Gasteiger charge is 2.27. The molecule has 1 fully saturated rings. The van der Waals surface area contributed by atoms with E-state index in [0.717, 1.165) is 0 Å². The molecule has 0 radical (unpaired) electrons. The van der Waals surface area contributed by atoms with Crippen molar-refractivity contribution >= 4 is 45.0 Å². The molecule has 29 heavy (non-hydrogen) atoms. The van der Waals surface area contributed by atoms with E-state index < -0.39 is 21.8 Å². The van der Waals surface area contributed by atoms with Crippen LogP contribution in [-0.2, 0) is 14.8 Å². The lowest BCUT2D eigenvalue weighted by Gasteiger charge is -2.26. The lowest BCUT2D eigenvalue weighted by Crippen LogP contribution is -2.42. The number of nitrogens with zero attached hydrogens (tertiary/aromatic N) is 1. The van der Waals surface area contributed by atoms with Crippen molar-refractivity contribution in [2.75, 3.05) is 26.3 Å². The quantitative estimate of drug-likeness (QED) is 0.683. The summed E-state index contributed by atoms with van der Waals surface area (Å²) in [6, 6.07) is 9.87. The second-order valence-corrected chi connectivity index (χ2v) is 8.86. The summed E-state index contributed by atoms with van der Waals surface area (Å²) in [4.78, 5) is 24.5. The van der Waals surface area contributed by atoms with Gasteiger partial charge >= 0.3 is 0 Å². The Morgan fingerprint density at radius 1 is 0.966 bits per heavy atom. The summed E-state index contributed by atoms with van der Waals surface area (Å²) < 4.78 is 31.9. The number of sulfonamides is 1. The maximum atomic E-state index is 12.7. The number of benzene rings is 2. The Hall–Kier alpha value is -2.17. The minimum absolute atomic E-state index is 0.0147. The number of amides is 2. The molecule has 11 heteroatoms. The smallest absolute Gasteiger partial charge is 0.271 e. The van der Waals surface area contributed by atoms with Crippen LogP contribution in [0.3, 0.4) is 0 Å². The van der Waals surface area contributed by atoms with Crippen LogP contribution in [0.1, 0.15) is 20.7 Å². The van der Waals surface area contributed by atoms with Crippen molar-refractivity contribution in [1.29, 1.82) is 0 Å². The molecule has 0 unspecified atom stereocenters. The molecule has 1 saturated heterocycles. The number of ether oxygens (including phenoxy) is 1. The van der Waals surface area contributed by atoms with E-state index in [2.05, 4.69) is 10.9 Å². The Balaban J connectivity index is 1.70. The molecule has 2 aromatic rings. The number of nitrogens with one attached hydrogen (secondary N) is 2. The Morgan fingerprint density at radius 2 is 1.66 bits per heavy atom. The number of morpholine rings is 1. The van der Waals surface area contributed by atoms with Gasteiger partial charge in [0.05, 0.1) is 28.7 Å². The van der Waals surface area contributed by atoms with Gasteiger partial charge in [0.2, 0.25) is 10.0 Å². The van der Waals surface area contributed by atoms with E-state index >= 15 is 0 Å². The first-order valence-electron chi connectivity index (χ1n) is 8.53. The minimum atomic E-state index is -3.75. The topological polar surface area (TPSA) is 105 Å². The van der Waals surface area contributed by atoms with Gasteiger partial charge in [0.15, 0.2) is 0 Å². The largest absolute Gasteiger partial charge is 0.379 e. The van der Waals surface area contributed by atoms with Gasteiger partial charge in [0.25, 0.3) is 11.8 Å². The highest BCUT2D eigenvalue weighted by Crippen LogP contribution is 2.21. The molecule has 0 bridgehead atoms. The van der Waals surface area contributed by atoms with Crippen LogP contribution < -0.4 is 10.9 Å². The predicted octanol–water partition coefficient (Wildman–Crippen LogP) is 2.09. The standard InChI is InChI=1S/C18H17Cl2N3O5S/c19-13-4-5-15(16(20)11-13)18(25)22-21-17(24)12-2-1-3-14(10-12)29(26,27)23-6-8-28-9-7-23/h1-5,10-11H,6-9H2,(H,21,24)(H,22,25). The van der Waals surface area contributed by atoms with Crippen LogP contribution in [0.15, 0.2) is 47.4 Å². The van der Waals surface area contributed by atoms with Gasteiger partial charge in [-0.05, 0) is 36.4 Å². The van der Waals surface area contributed by atoms with Crippen LogP contribution in [0.4, 0.5) is 0 Å². The third-order valence-electron chi connectivity index (χ3n) is 4.17. The normalized spacial score (nSPS) is 15.0. The molecule has 8 nitrogen and oxygen atoms in total. The van der Waals surface area contributed by atoms with E-state index in [1.807, 2.05) is 0 Å². The van der Waals surface area contributed by atoms with Crippen molar-refractivity contribution in [1.82, 2.24) is 15.2 Å². The highest BCUT2D eigenvalue weighted by atomic mass is 35.5. The van der Waals surface area contributed by atoms with E-state index in [4.69, 9.17) is 27.9 Å². The SMILES string of the molecule is O=C(NNC(=O)c1ccc(Cl)cc1Cl)c1cccc(S(=O)(=O)N2CCOCC2)c1. The summed E-state index contributed by atoms with van der Waals surface area (Å²) in [5.74, 6) is -1.32. The van der Waals surface area contributed by atoms with Gasteiger partial charge in [0.1, 0.15) is 0 Å². The number of halogens is 2. The molecule has 0 saturated carbocycles. The van der Waals surface area contributed by atoms with Crippen molar-refractivity contribution in [3.8, 4) is 0 Å². The number of hydrogen-bond donors (Lipinski definition) is 2. The fraction of sp³-hybridized carbons (Fsp3) is 0.222. The zero-order chi connectivity index (χ0) is 21.0. The molecule has 2 aromatic carbocycles. The molecule has 0 spiro atoms. The van der Waals surface area contributed by atoms with Crippen LogP contribution in [0.5, 0.6) is 0 Å². The maximum absolute atomic E-state index is 12.7. The lowest BCUT2D eigenvalue weighted by molar-refractivity contribution is 0.0730. The average molecular weight is 458 g/mol. The van der Waals surface area contributed by atoms with E-state index in [1.165, 1.54) is 46.8 Å². The van der Waals surface area contributed by atoms with Crippen LogP contribution in [0.2, 0.25) is 10.0 Å². The van der Waals surface area contributed by atoms with Crippen LogP contribution in [0.25, 0.3) is 0 Å². The predicted molar refractivity (Wildman–Crippen MR) is 107 cm³/mol. The van der Waals surface area contributed by atoms with Crippen molar-refractivity contribution < 1.29 is 22.7 Å². The number of rotatable bonds is 4. The Kier molecular flexibility index (Phi) is 6.76. The molecule has 0 aliphatic carbocycles. The number of hydrazine groups is 1. The van der Waals surface area contributed by atoms with Crippen molar-refractivity contribution in [3.05, 3.63) is 63.6 Å². The second kappa shape index (κ2) is 9.10. The summed E-state index contributed by atoms with van der Waals surface area (Å²) in [5, 5.41) is 0.497. The summed E-state index contributed by atoms with van der Waals surface area (Å²) in [6.07, 6.45) is 0. The molecular weight excluding hydrogens is 441 g/mol. The second-order valence-electron chi connectivity index (χ2n) is 6.08. The van der Waals surface area contributed by atoms with Gasteiger partial charge in [-0.3, -0.25) is 20.4 Å².